The zero-order valence-corrected chi connectivity index (χ0v) is 17.4. The number of hydrogen-bond donors (Lipinski definition) is 1. The zero-order valence-electron chi connectivity index (χ0n) is 11.9. The van der Waals surface area contributed by atoms with E-state index in [1.807, 2.05) is 5.38 Å². The molecule has 0 saturated heterocycles. The molecule has 0 aliphatic rings. The van der Waals surface area contributed by atoms with Gasteiger partial charge in [0.05, 0.1) is 9.90 Å². The van der Waals surface area contributed by atoms with Crippen molar-refractivity contribution in [3.63, 3.8) is 0 Å². The molecular weight excluding hydrogens is 386 g/mol. The number of hydrogen-bond acceptors (Lipinski definition) is 6. The number of thiophene rings is 1. The van der Waals surface area contributed by atoms with Crippen LogP contribution in [-0.4, -0.2) is 77.8 Å². The number of rotatable bonds is 5. The number of carbonyl (C=O) groups is 1. The molecule has 2 aromatic heterocycles. The second-order valence-corrected chi connectivity index (χ2v) is 5.87. The van der Waals surface area contributed by atoms with E-state index in [2.05, 4.69) is 20.6 Å². The summed E-state index contributed by atoms with van der Waals surface area (Å²) in [7, 11) is 0. The maximum atomic E-state index is 12.3. The Morgan fingerprint density at radius 1 is 1.26 bits per heavy atom. The summed E-state index contributed by atoms with van der Waals surface area (Å²) in [6.07, 6.45) is 0. The van der Waals surface area contributed by atoms with Crippen LogP contribution in [0.1, 0.15) is 21.1 Å². The summed E-state index contributed by atoms with van der Waals surface area (Å²) in [5.41, 5.74) is 0.334. The van der Waals surface area contributed by atoms with E-state index in [0.29, 0.717) is 22.0 Å². The average Bonchev–Trinajstić information content (AvgIpc) is 3.21. The number of halogens is 2. The van der Waals surface area contributed by atoms with Crippen LogP contribution in [0.5, 0.6) is 5.75 Å². The molecule has 0 amide bonds. The van der Waals surface area contributed by atoms with Gasteiger partial charge in [-0.3, -0.25) is 4.79 Å². The van der Waals surface area contributed by atoms with Gasteiger partial charge in [0, 0.05) is 56.9 Å². The zero-order chi connectivity index (χ0) is 15.5. The molecule has 3 aromatic rings. The Labute approximate surface area is 187 Å². The summed E-state index contributed by atoms with van der Waals surface area (Å²) < 4.78 is 5.48. The van der Waals surface area contributed by atoms with E-state index in [1.165, 1.54) is 11.3 Å². The molecule has 1 N–H and O–H groups in total. The molecule has 23 heavy (non-hydrogen) atoms. The number of tetrazole rings is 1. The molecule has 1 radical (unpaired) electrons. The number of benzene rings is 1. The molecule has 0 spiro atoms. The van der Waals surface area contributed by atoms with Gasteiger partial charge in [-0.25, -0.2) is 0 Å². The van der Waals surface area contributed by atoms with Crippen LogP contribution in [-0.2, 0) is 6.61 Å². The molecule has 113 valence electrons. The number of nitrogens with one attached hydrogen (secondary N) is 1. The van der Waals surface area contributed by atoms with Gasteiger partial charge in [0.15, 0.2) is 6.61 Å². The molecule has 0 aliphatic heterocycles. The first-order chi connectivity index (χ1) is 10.7. The van der Waals surface area contributed by atoms with Crippen molar-refractivity contribution in [2.75, 3.05) is 0 Å². The van der Waals surface area contributed by atoms with E-state index in [4.69, 9.17) is 27.9 Å². The Hall–Kier alpha value is -0.324. The first-order valence-electron chi connectivity index (χ1n) is 6.08. The first kappa shape index (κ1) is 19.0. The Morgan fingerprint density at radius 3 is 2.74 bits per heavy atom. The van der Waals surface area contributed by atoms with Crippen LogP contribution in [0.4, 0.5) is 0 Å². The molecule has 0 aliphatic carbocycles. The van der Waals surface area contributed by atoms with Gasteiger partial charge < -0.3 is 4.74 Å². The standard InChI is InChI=1S/C13H8Cl2N4O2S.K/c14-11-7(13(20)9-2-1-5-22-9)3-4-8(12(11)15)21-6-10-16-18-19-17-10;/h1-5H,6H2,(H,16,17,18,19);. The summed E-state index contributed by atoms with van der Waals surface area (Å²) >= 11 is 13.7. The van der Waals surface area contributed by atoms with Crippen LogP contribution in [0, 0.1) is 0 Å². The SMILES string of the molecule is O=C(c1cccs1)c1ccc(OCc2nn[nH]n2)c(Cl)c1Cl.[K]. The van der Waals surface area contributed by atoms with Crippen molar-refractivity contribution in [2.24, 2.45) is 0 Å². The van der Waals surface area contributed by atoms with E-state index < -0.39 is 0 Å². The van der Waals surface area contributed by atoms with Gasteiger partial charge in [0.2, 0.25) is 11.6 Å². The molecule has 0 saturated carbocycles. The van der Waals surface area contributed by atoms with Crippen molar-refractivity contribution in [1.82, 2.24) is 20.6 Å². The molecular formula is C13H8Cl2KN4O2S. The van der Waals surface area contributed by atoms with Crippen molar-refractivity contribution >= 4 is 91.7 Å². The van der Waals surface area contributed by atoms with Crippen LogP contribution in [0.2, 0.25) is 10.0 Å². The van der Waals surface area contributed by atoms with E-state index in [9.17, 15) is 4.79 Å². The predicted octanol–water partition coefficient (Wildman–Crippen LogP) is 3.00. The Bertz CT molecular complexity index is 797. The number of ketones is 1. The van der Waals surface area contributed by atoms with Crippen LogP contribution in [0.15, 0.2) is 29.6 Å². The van der Waals surface area contributed by atoms with Crippen molar-refractivity contribution in [3.8, 4) is 5.75 Å². The van der Waals surface area contributed by atoms with Crippen LogP contribution in [0.3, 0.4) is 0 Å². The molecule has 6 nitrogen and oxygen atoms in total. The summed E-state index contributed by atoms with van der Waals surface area (Å²) in [5.74, 6) is 0.553. The third-order valence-electron chi connectivity index (χ3n) is 2.78. The van der Waals surface area contributed by atoms with Gasteiger partial charge in [0.25, 0.3) is 0 Å². The number of aromatic amines is 1. The number of ether oxygens (including phenoxy) is 1. The van der Waals surface area contributed by atoms with Gasteiger partial charge in [-0.15, -0.1) is 21.5 Å². The minimum atomic E-state index is -0.174. The van der Waals surface area contributed by atoms with Crippen LogP contribution >= 0.6 is 34.5 Å². The van der Waals surface area contributed by atoms with Gasteiger partial charge in [-0.05, 0) is 23.6 Å². The minimum Gasteiger partial charge on any atom is -0.484 e. The fourth-order valence-corrected chi connectivity index (χ4v) is 2.88. The maximum absolute atomic E-state index is 12.3. The Kier molecular flexibility index (Phi) is 7.17. The summed E-state index contributed by atoms with van der Waals surface area (Å²) in [6, 6.07) is 6.71. The third-order valence-corrected chi connectivity index (χ3v) is 4.52. The van der Waals surface area contributed by atoms with Gasteiger partial charge in [-0.2, -0.15) is 5.21 Å². The topological polar surface area (TPSA) is 80.8 Å². The number of aromatic nitrogens is 4. The Morgan fingerprint density at radius 2 is 2.09 bits per heavy atom. The second-order valence-electron chi connectivity index (χ2n) is 4.16. The fourth-order valence-electron chi connectivity index (χ4n) is 1.75. The van der Waals surface area contributed by atoms with Gasteiger partial charge in [-0.1, -0.05) is 34.5 Å². The van der Waals surface area contributed by atoms with Gasteiger partial charge in [0.1, 0.15) is 10.8 Å². The van der Waals surface area contributed by atoms with E-state index in [-0.39, 0.29) is 73.8 Å². The van der Waals surface area contributed by atoms with Crippen LogP contribution < -0.4 is 4.74 Å². The number of nitrogens with zero attached hydrogens (tertiary/aromatic N) is 3. The van der Waals surface area contributed by atoms with Gasteiger partial charge >= 0.3 is 0 Å². The number of H-pyrrole nitrogens is 1. The summed E-state index contributed by atoms with van der Waals surface area (Å²) in [6.45, 7) is 0.0881. The number of carbonyl (C=O) groups excluding carboxylic acids is 1. The second kappa shape index (κ2) is 8.68. The fraction of sp³-hybridized carbons (Fsp3) is 0.0769. The first-order valence-corrected chi connectivity index (χ1v) is 7.71. The molecule has 0 bridgehead atoms. The summed E-state index contributed by atoms with van der Waals surface area (Å²) in [5, 5.41) is 15.4. The molecule has 0 fully saturated rings. The quantitative estimate of drug-likeness (QED) is 0.532. The molecule has 1 aromatic carbocycles. The molecule has 3 rings (SSSR count). The van der Waals surface area contributed by atoms with Crippen LogP contribution in [0.25, 0.3) is 0 Å². The average molecular weight is 394 g/mol. The molecule has 0 unspecified atom stereocenters. The molecule has 2 heterocycles. The van der Waals surface area contributed by atoms with Crippen molar-refractivity contribution in [2.45, 2.75) is 6.61 Å². The largest absolute Gasteiger partial charge is 0.484 e. The maximum Gasteiger partial charge on any atom is 0.211 e. The van der Waals surface area contributed by atoms with Crippen molar-refractivity contribution in [1.29, 1.82) is 0 Å². The van der Waals surface area contributed by atoms with Crippen molar-refractivity contribution in [3.05, 3.63) is 56.0 Å². The van der Waals surface area contributed by atoms with Crippen molar-refractivity contribution < 1.29 is 9.53 Å². The molecule has 0 atom stereocenters. The minimum absolute atomic E-state index is 0. The van der Waals surface area contributed by atoms with E-state index in [1.54, 1.807) is 24.3 Å². The van der Waals surface area contributed by atoms with E-state index in [0.717, 1.165) is 0 Å². The summed E-state index contributed by atoms with van der Waals surface area (Å²) in [4.78, 5) is 12.9. The monoisotopic (exact) mass is 393 g/mol. The van der Waals surface area contributed by atoms with E-state index >= 15 is 0 Å². The third kappa shape index (κ3) is 4.40. The predicted molar refractivity (Wildman–Crippen MR) is 88.5 cm³/mol. The Balaban J connectivity index is 0.00000192. The smallest absolute Gasteiger partial charge is 0.211 e. The molecule has 10 heteroatoms. The normalized spacial score (nSPS) is 10.2.